The Morgan fingerprint density at radius 2 is 2.00 bits per heavy atom. The first-order chi connectivity index (χ1) is 6.24. The first-order valence-corrected chi connectivity index (χ1v) is 4.93. The third kappa shape index (κ3) is 6.54. The molecule has 78 valence electrons. The number of nitrogens with one attached hydrogen (secondary N) is 1. The lowest BCUT2D eigenvalue weighted by atomic mass is 10.4. The zero-order valence-electron chi connectivity index (χ0n) is 8.68. The molecule has 0 aromatic carbocycles. The summed E-state index contributed by atoms with van der Waals surface area (Å²) < 4.78 is 0. The van der Waals surface area contributed by atoms with Crippen molar-refractivity contribution in [1.82, 2.24) is 10.2 Å². The molecule has 0 aliphatic heterocycles. The number of nitrogens with two attached hydrogens (primary N) is 1. The molecule has 4 nitrogen and oxygen atoms in total. The number of likely N-dealkylation sites (N-methyl/N-ethyl adjacent to an activating group) is 1. The van der Waals surface area contributed by atoms with Crippen LogP contribution in [0.3, 0.4) is 0 Å². The van der Waals surface area contributed by atoms with Crippen LogP contribution in [0.1, 0.15) is 20.3 Å². The third-order valence-corrected chi connectivity index (χ3v) is 2.02. The summed E-state index contributed by atoms with van der Waals surface area (Å²) in [6, 6.07) is 0. The molecule has 0 spiro atoms. The first-order valence-electron chi connectivity index (χ1n) is 4.93. The summed E-state index contributed by atoms with van der Waals surface area (Å²) in [5.74, 6) is 0.0506. The van der Waals surface area contributed by atoms with Gasteiger partial charge in [0.2, 0.25) is 5.91 Å². The lowest BCUT2D eigenvalue weighted by molar-refractivity contribution is -0.120. The van der Waals surface area contributed by atoms with E-state index in [2.05, 4.69) is 24.1 Å². The van der Waals surface area contributed by atoms with E-state index in [-0.39, 0.29) is 5.91 Å². The second kappa shape index (κ2) is 8.01. The van der Waals surface area contributed by atoms with Crippen LogP contribution < -0.4 is 11.1 Å². The van der Waals surface area contributed by atoms with Gasteiger partial charge in [-0.05, 0) is 13.1 Å². The summed E-state index contributed by atoms with van der Waals surface area (Å²) in [4.78, 5) is 13.3. The summed E-state index contributed by atoms with van der Waals surface area (Å²) in [6.07, 6.45) is 0.429. The van der Waals surface area contributed by atoms with E-state index >= 15 is 0 Å². The van der Waals surface area contributed by atoms with Crippen LogP contribution in [0.2, 0.25) is 0 Å². The maximum Gasteiger partial charge on any atom is 0.221 e. The van der Waals surface area contributed by atoms with Gasteiger partial charge < -0.3 is 16.0 Å². The molecule has 0 bridgehead atoms. The fourth-order valence-corrected chi connectivity index (χ4v) is 1.11. The maximum absolute atomic E-state index is 11.0. The molecule has 0 saturated heterocycles. The number of carbonyl (C=O) groups excluding carboxylic acids is 1. The van der Waals surface area contributed by atoms with E-state index in [9.17, 15) is 4.79 Å². The Morgan fingerprint density at radius 3 is 2.46 bits per heavy atom. The van der Waals surface area contributed by atoms with Gasteiger partial charge in [-0.3, -0.25) is 4.79 Å². The molecule has 0 fully saturated rings. The van der Waals surface area contributed by atoms with Gasteiger partial charge >= 0.3 is 0 Å². The van der Waals surface area contributed by atoms with Crippen molar-refractivity contribution in [3.63, 3.8) is 0 Å². The average Bonchev–Trinajstić information content (AvgIpc) is 2.13. The molecular formula is C9H21N3O. The predicted octanol–water partition coefficient (Wildman–Crippen LogP) is -0.207. The zero-order chi connectivity index (χ0) is 10.1. The quantitative estimate of drug-likeness (QED) is 0.580. The Kier molecular flexibility index (Phi) is 7.63. The van der Waals surface area contributed by atoms with Crippen LogP contribution in [0.5, 0.6) is 0 Å². The minimum absolute atomic E-state index is 0.0506. The van der Waals surface area contributed by atoms with Crippen LogP contribution in [0.4, 0.5) is 0 Å². The largest absolute Gasteiger partial charge is 0.355 e. The Hall–Kier alpha value is -0.610. The van der Waals surface area contributed by atoms with Crippen molar-refractivity contribution in [2.75, 3.05) is 32.7 Å². The van der Waals surface area contributed by atoms with Crippen molar-refractivity contribution in [3.05, 3.63) is 0 Å². The SMILES string of the molecule is CCN(CC)CCNC(=O)CCN. The molecule has 3 N–H and O–H groups in total. The number of rotatable bonds is 7. The van der Waals surface area contributed by atoms with E-state index in [0.29, 0.717) is 13.0 Å². The van der Waals surface area contributed by atoms with Crippen LogP contribution in [0.25, 0.3) is 0 Å². The predicted molar refractivity (Wildman–Crippen MR) is 54.5 cm³/mol. The Morgan fingerprint density at radius 1 is 1.38 bits per heavy atom. The number of amides is 1. The average molecular weight is 187 g/mol. The second-order valence-electron chi connectivity index (χ2n) is 2.92. The topological polar surface area (TPSA) is 58.4 Å². The normalized spacial score (nSPS) is 10.5. The Labute approximate surface area is 80.5 Å². The lowest BCUT2D eigenvalue weighted by Crippen LogP contribution is -2.35. The van der Waals surface area contributed by atoms with Crippen molar-refractivity contribution >= 4 is 5.91 Å². The van der Waals surface area contributed by atoms with Gasteiger partial charge in [0, 0.05) is 26.1 Å². The minimum Gasteiger partial charge on any atom is -0.355 e. The highest BCUT2D eigenvalue weighted by Crippen LogP contribution is 1.84. The van der Waals surface area contributed by atoms with E-state index in [1.54, 1.807) is 0 Å². The summed E-state index contributed by atoms with van der Waals surface area (Å²) in [7, 11) is 0. The van der Waals surface area contributed by atoms with Crippen LogP contribution in [0.15, 0.2) is 0 Å². The van der Waals surface area contributed by atoms with Gasteiger partial charge in [-0.25, -0.2) is 0 Å². The van der Waals surface area contributed by atoms with Crippen molar-refractivity contribution in [1.29, 1.82) is 0 Å². The van der Waals surface area contributed by atoms with Crippen molar-refractivity contribution in [2.24, 2.45) is 5.73 Å². The maximum atomic E-state index is 11.0. The summed E-state index contributed by atoms with van der Waals surface area (Å²) in [6.45, 7) is 8.36. The molecule has 0 unspecified atom stereocenters. The van der Waals surface area contributed by atoms with Crippen molar-refractivity contribution < 1.29 is 4.79 Å². The first kappa shape index (κ1) is 12.4. The standard InChI is InChI=1S/C9H21N3O/c1-3-12(4-2)8-7-11-9(13)5-6-10/h3-8,10H2,1-2H3,(H,11,13). The van der Waals surface area contributed by atoms with E-state index in [1.807, 2.05) is 0 Å². The number of nitrogens with zero attached hydrogens (tertiary/aromatic N) is 1. The summed E-state index contributed by atoms with van der Waals surface area (Å²) in [5.41, 5.74) is 5.24. The van der Waals surface area contributed by atoms with Crippen LogP contribution in [-0.2, 0) is 4.79 Å². The van der Waals surface area contributed by atoms with E-state index in [4.69, 9.17) is 5.73 Å². The molecular weight excluding hydrogens is 166 g/mol. The summed E-state index contributed by atoms with van der Waals surface area (Å²) >= 11 is 0. The van der Waals surface area contributed by atoms with Crippen molar-refractivity contribution in [2.45, 2.75) is 20.3 Å². The molecule has 0 heterocycles. The van der Waals surface area contributed by atoms with Gasteiger partial charge in [0.1, 0.15) is 0 Å². The van der Waals surface area contributed by atoms with Gasteiger partial charge in [-0.2, -0.15) is 0 Å². The number of hydrogen-bond donors (Lipinski definition) is 2. The molecule has 4 heteroatoms. The minimum atomic E-state index is 0.0506. The van der Waals surface area contributed by atoms with E-state index in [1.165, 1.54) is 0 Å². The smallest absolute Gasteiger partial charge is 0.221 e. The summed E-state index contributed by atoms with van der Waals surface area (Å²) in [5, 5.41) is 2.82. The molecule has 0 saturated carbocycles. The third-order valence-electron chi connectivity index (χ3n) is 2.02. The number of hydrogen-bond acceptors (Lipinski definition) is 3. The number of carbonyl (C=O) groups is 1. The van der Waals surface area contributed by atoms with Gasteiger partial charge in [-0.15, -0.1) is 0 Å². The van der Waals surface area contributed by atoms with Crippen molar-refractivity contribution in [3.8, 4) is 0 Å². The lowest BCUT2D eigenvalue weighted by Gasteiger charge is -2.17. The molecule has 0 aromatic rings. The Balaban J connectivity index is 3.37. The zero-order valence-corrected chi connectivity index (χ0v) is 8.68. The van der Waals surface area contributed by atoms with Crippen LogP contribution in [-0.4, -0.2) is 43.5 Å². The van der Waals surface area contributed by atoms with Crippen LogP contribution >= 0.6 is 0 Å². The second-order valence-corrected chi connectivity index (χ2v) is 2.92. The van der Waals surface area contributed by atoms with Crippen LogP contribution in [0, 0.1) is 0 Å². The molecule has 0 aliphatic carbocycles. The molecule has 1 amide bonds. The Bertz CT molecular complexity index is 135. The van der Waals surface area contributed by atoms with Gasteiger partial charge in [0.25, 0.3) is 0 Å². The van der Waals surface area contributed by atoms with E-state index < -0.39 is 0 Å². The van der Waals surface area contributed by atoms with Gasteiger partial charge in [-0.1, -0.05) is 13.8 Å². The highest BCUT2D eigenvalue weighted by molar-refractivity contribution is 5.75. The fourth-order valence-electron chi connectivity index (χ4n) is 1.11. The molecule has 0 rings (SSSR count). The highest BCUT2D eigenvalue weighted by atomic mass is 16.1. The van der Waals surface area contributed by atoms with Gasteiger partial charge in [0.15, 0.2) is 0 Å². The monoisotopic (exact) mass is 187 g/mol. The van der Waals surface area contributed by atoms with E-state index in [0.717, 1.165) is 26.2 Å². The molecule has 0 radical (unpaired) electrons. The fraction of sp³-hybridized carbons (Fsp3) is 0.889. The molecule has 0 atom stereocenters. The highest BCUT2D eigenvalue weighted by Gasteiger charge is 2.00. The molecule has 0 aromatic heterocycles. The molecule has 0 aliphatic rings. The van der Waals surface area contributed by atoms with Gasteiger partial charge in [0.05, 0.1) is 0 Å². The molecule has 13 heavy (non-hydrogen) atoms.